The van der Waals surface area contributed by atoms with Crippen molar-refractivity contribution >= 4 is 0 Å². The summed E-state index contributed by atoms with van der Waals surface area (Å²) in [4.78, 5) is 0. The van der Waals surface area contributed by atoms with Crippen molar-refractivity contribution in [3.8, 4) is 0 Å². The minimum atomic E-state index is 0.534. The number of rotatable bonds is 0. The number of hydrogen-bond donors (Lipinski definition) is 0. The molecule has 0 aromatic heterocycles. The van der Waals surface area contributed by atoms with Crippen LogP contribution in [0.2, 0.25) is 0 Å². The van der Waals surface area contributed by atoms with Gasteiger partial charge in [0.1, 0.15) is 0 Å². The molecule has 108 valence electrons. The van der Waals surface area contributed by atoms with Crippen molar-refractivity contribution in [1.82, 2.24) is 0 Å². The zero-order valence-electron chi connectivity index (χ0n) is 14.1. The molecule has 0 spiro atoms. The Labute approximate surface area is 116 Å². The maximum absolute atomic E-state index is 2.45. The van der Waals surface area contributed by atoms with E-state index in [1.807, 2.05) is 13.8 Å². The molecule has 4 unspecified atom stereocenters. The first kappa shape index (κ1) is 16.1. The third kappa shape index (κ3) is 3.31. The summed E-state index contributed by atoms with van der Waals surface area (Å²) < 4.78 is 0. The first-order chi connectivity index (χ1) is 8.19. The van der Waals surface area contributed by atoms with Gasteiger partial charge in [0, 0.05) is 0 Å². The van der Waals surface area contributed by atoms with Crippen molar-refractivity contribution in [2.75, 3.05) is 0 Å². The molecule has 0 aromatic rings. The van der Waals surface area contributed by atoms with Gasteiger partial charge in [0.05, 0.1) is 0 Å². The van der Waals surface area contributed by atoms with Crippen LogP contribution in [0.3, 0.4) is 0 Å². The molecule has 0 heteroatoms. The summed E-state index contributed by atoms with van der Waals surface area (Å²) in [6.07, 6.45) is 6.05. The summed E-state index contributed by atoms with van der Waals surface area (Å²) in [5.74, 6) is 4.03. The van der Waals surface area contributed by atoms with Crippen LogP contribution >= 0.6 is 0 Å². The van der Waals surface area contributed by atoms with E-state index in [1.165, 1.54) is 25.7 Å². The third-order valence-corrected chi connectivity index (χ3v) is 5.38. The van der Waals surface area contributed by atoms with Gasteiger partial charge in [0.2, 0.25) is 0 Å². The lowest BCUT2D eigenvalue weighted by Gasteiger charge is -2.55. The van der Waals surface area contributed by atoms with Crippen molar-refractivity contribution in [3.05, 3.63) is 0 Å². The molecule has 3 saturated carbocycles. The summed E-state index contributed by atoms with van der Waals surface area (Å²) in [6.45, 7) is 18.7. The second-order valence-electron chi connectivity index (χ2n) is 8.51. The average Bonchev–Trinajstić information content (AvgIpc) is 2.30. The van der Waals surface area contributed by atoms with Gasteiger partial charge in [-0.2, -0.15) is 0 Å². The molecule has 3 rings (SSSR count). The summed E-state index contributed by atoms with van der Waals surface area (Å²) in [5, 5.41) is 0. The van der Waals surface area contributed by atoms with Crippen LogP contribution in [0.15, 0.2) is 0 Å². The van der Waals surface area contributed by atoms with E-state index >= 15 is 0 Å². The fourth-order valence-electron chi connectivity index (χ4n) is 4.55. The van der Waals surface area contributed by atoms with E-state index in [-0.39, 0.29) is 0 Å². The van der Waals surface area contributed by atoms with Gasteiger partial charge in [-0.05, 0) is 60.2 Å². The van der Waals surface area contributed by atoms with Gasteiger partial charge in [-0.3, -0.25) is 0 Å². The number of hydrogen-bond acceptors (Lipinski definition) is 0. The highest BCUT2D eigenvalue weighted by Gasteiger charge is 2.48. The van der Waals surface area contributed by atoms with E-state index < -0.39 is 0 Å². The summed E-state index contributed by atoms with van der Waals surface area (Å²) in [6, 6.07) is 0. The van der Waals surface area contributed by atoms with Crippen LogP contribution in [-0.4, -0.2) is 0 Å². The molecule has 0 heterocycles. The van der Waals surface area contributed by atoms with Gasteiger partial charge in [0.15, 0.2) is 0 Å². The zero-order valence-corrected chi connectivity index (χ0v) is 14.1. The molecule has 0 saturated heterocycles. The van der Waals surface area contributed by atoms with Crippen molar-refractivity contribution < 1.29 is 0 Å². The molecule has 0 N–H and O–H groups in total. The lowest BCUT2D eigenvalue weighted by molar-refractivity contribution is -0.0515. The van der Waals surface area contributed by atoms with Gasteiger partial charge in [-0.25, -0.2) is 0 Å². The molecule has 18 heavy (non-hydrogen) atoms. The molecule has 0 aliphatic heterocycles. The highest BCUT2D eigenvalue weighted by molar-refractivity contribution is 4.98. The van der Waals surface area contributed by atoms with Crippen LogP contribution in [0.5, 0.6) is 0 Å². The van der Waals surface area contributed by atoms with Crippen molar-refractivity contribution in [1.29, 1.82) is 0 Å². The second kappa shape index (κ2) is 5.55. The largest absolute Gasteiger partial charge is 0.0683 e. The maximum Gasteiger partial charge on any atom is -0.0334 e. The molecule has 2 bridgehead atoms. The number of fused-ring (bicyclic) bond motifs is 3. The molecule has 0 amide bonds. The van der Waals surface area contributed by atoms with Crippen LogP contribution in [0.1, 0.15) is 81.1 Å². The summed E-state index contributed by atoms with van der Waals surface area (Å²) in [5.41, 5.74) is 1.07. The quantitative estimate of drug-likeness (QED) is 0.484. The molecule has 3 aliphatic carbocycles. The van der Waals surface area contributed by atoms with E-state index in [9.17, 15) is 0 Å². The maximum atomic E-state index is 2.45. The highest BCUT2D eigenvalue weighted by Crippen LogP contribution is 2.57. The lowest BCUT2D eigenvalue weighted by atomic mass is 9.50. The first-order valence-corrected chi connectivity index (χ1v) is 8.19. The fourth-order valence-corrected chi connectivity index (χ4v) is 4.55. The molecule has 4 atom stereocenters. The predicted octanol–water partition coefficient (Wildman–Crippen LogP) is 6.16. The minimum Gasteiger partial charge on any atom is -0.0683 e. The lowest BCUT2D eigenvalue weighted by Crippen LogP contribution is -2.46. The molecule has 0 aromatic carbocycles. The highest BCUT2D eigenvalue weighted by atomic mass is 14.5. The van der Waals surface area contributed by atoms with E-state index in [0.717, 1.165) is 23.7 Å². The Balaban J connectivity index is 0.000000771. The van der Waals surface area contributed by atoms with Crippen LogP contribution in [-0.2, 0) is 0 Å². The van der Waals surface area contributed by atoms with Crippen molar-refractivity contribution in [3.63, 3.8) is 0 Å². The molecule has 3 fully saturated rings. The molecule has 0 radical (unpaired) electrons. The first-order valence-electron chi connectivity index (χ1n) is 8.19. The van der Waals surface area contributed by atoms with E-state index in [4.69, 9.17) is 0 Å². The van der Waals surface area contributed by atoms with Crippen LogP contribution < -0.4 is 0 Å². The summed E-state index contributed by atoms with van der Waals surface area (Å²) in [7, 11) is 0. The molecular weight excluding hydrogens is 216 g/mol. The predicted molar refractivity (Wildman–Crippen MR) is 82.7 cm³/mol. The van der Waals surface area contributed by atoms with Gasteiger partial charge in [0.25, 0.3) is 0 Å². The fraction of sp³-hybridized carbons (Fsp3) is 1.00. The summed E-state index contributed by atoms with van der Waals surface area (Å²) >= 11 is 0. The molecular formula is C18H36. The Morgan fingerprint density at radius 3 is 1.06 bits per heavy atom. The Morgan fingerprint density at radius 2 is 0.889 bits per heavy atom. The third-order valence-electron chi connectivity index (χ3n) is 5.38. The SMILES string of the molecule is CC.CC(C)(C)C1CC2CCC1CC2C(C)(C)C. The Bertz CT molecular complexity index is 222. The molecule has 0 nitrogen and oxygen atoms in total. The van der Waals surface area contributed by atoms with Crippen LogP contribution in [0, 0.1) is 34.5 Å². The van der Waals surface area contributed by atoms with Gasteiger partial charge < -0.3 is 0 Å². The minimum absolute atomic E-state index is 0.534. The van der Waals surface area contributed by atoms with E-state index in [2.05, 4.69) is 41.5 Å². The smallest absolute Gasteiger partial charge is 0.0334 e. The Morgan fingerprint density at radius 1 is 0.611 bits per heavy atom. The Hall–Kier alpha value is 0. The topological polar surface area (TPSA) is 0 Å². The van der Waals surface area contributed by atoms with E-state index in [0.29, 0.717) is 10.8 Å². The average molecular weight is 252 g/mol. The van der Waals surface area contributed by atoms with Crippen LogP contribution in [0.25, 0.3) is 0 Å². The van der Waals surface area contributed by atoms with Crippen LogP contribution in [0.4, 0.5) is 0 Å². The molecule has 3 aliphatic rings. The van der Waals surface area contributed by atoms with Gasteiger partial charge >= 0.3 is 0 Å². The monoisotopic (exact) mass is 252 g/mol. The van der Waals surface area contributed by atoms with Crippen molar-refractivity contribution in [2.45, 2.75) is 81.1 Å². The van der Waals surface area contributed by atoms with Gasteiger partial charge in [-0.15, -0.1) is 0 Å². The van der Waals surface area contributed by atoms with Gasteiger partial charge in [-0.1, -0.05) is 55.4 Å². The Kier molecular flexibility index (Phi) is 4.95. The normalized spacial score (nSPS) is 36.0. The second-order valence-corrected chi connectivity index (χ2v) is 8.51. The van der Waals surface area contributed by atoms with E-state index in [1.54, 1.807) is 0 Å². The standard InChI is InChI=1S/C16H30.C2H6/c1-15(2,3)13-9-12-8-7-11(13)10-14(12)16(4,5)6;1-2/h11-14H,7-10H2,1-6H3;1-2H3. The van der Waals surface area contributed by atoms with Crippen molar-refractivity contribution in [2.24, 2.45) is 34.5 Å². The zero-order chi connectivity index (χ0) is 14.1.